The highest BCUT2D eigenvalue weighted by molar-refractivity contribution is 6.32. The van der Waals surface area contributed by atoms with Crippen LogP contribution in [0.5, 0.6) is 5.75 Å². The first-order valence-electron chi connectivity index (χ1n) is 14.0. The summed E-state index contributed by atoms with van der Waals surface area (Å²) in [5.41, 5.74) is 5.85. The van der Waals surface area contributed by atoms with Crippen molar-refractivity contribution in [3.8, 4) is 16.9 Å². The molecule has 2 heterocycles. The molecule has 1 unspecified atom stereocenters. The predicted molar refractivity (Wildman–Crippen MR) is 158 cm³/mol. The molecule has 1 aliphatic rings. The SMILES string of the molecule is COCCCn1c(C2CCCN(C(=O)CCCc3ccc(-c4ccc(O)c(Cl)c4)cc3)C2)cc2ccccc21. The number of methoxy groups -OCH3 is 1. The van der Waals surface area contributed by atoms with Crippen molar-refractivity contribution in [1.82, 2.24) is 9.47 Å². The molecular weight excluding hydrogens is 508 g/mol. The van der Waals surface area contributed by atoms with Crippen molar-refractivity contribution in [2.24, 2.45) is 0 Å². The van der Waals surface area contributed by atoms with Crippen LogP contribution in [0.3, 0.4) is 0 Å². The van der Waals surface area contributed by atoms with E-state index in [-0.39, 0.29) is 11.7 Å². The van der Waals surface area contributed by atoms with E-state index in [1.165, 1.54) is 22.2 Å². The van der Waals surface area contributed by atoms with E-state index < -0.39 is 0 Å². The maximum Gasteiger partial charge on any atom is 0.222 e. The number of phenols is 1. The molecular formula is C33H37ClN2O3. The number of para-hydroxylation sites is 1. The molecule has 4 aromatic rings. The fraction of sp³-hybridized carbons (Fsp3) is 0.364. The lowest BCUT2D eigenvalue weighted by atomic mass is 9.94. The van der Waals surface area contributed by atoms with E-state index in [4.69, 9.17) is 16.3 Å². The Kier molecular flexibility index (Phi) is 8.90. The van der Waals surface area contributed by atoms with Gasteiger partial charge < -0.3 is 19.3 Å². The number of likely N-dealkylation sites (tertiary alicyclic amines) is 1. The molecule has 1 amide bonds. The molecule has 0 radical (unpaired) electrons. The normalized spacial score (nSPS) is 15.6. The third kappa shape index (κ3) is 6.48. The number of carbonyl (C=O) groups excluding carboxylic acids is 1. The van der Waals surface area contributed by atoms with Gasteiger partial charge in [0.25, 0.3) is 0 Å². The minimum Gasteiger partial charge on any atom is -0.506 e. The number of rotatable bonds is 10. The number of amides is 1. The van der Waals surface area contributed by atoms with Gasteiger partial charge in [0, 0.05) is 56.9 Å². The molecule has 1 atom stereocenters. The van der Waals surface area contributed by atoms with Crippen LogP contribution < -0.4 is 0 Å². The second kappa shape index (κ2) is 12.7. The van der Waals surface area contributed by atoms with Gasteiger partial charge in [0.2, 0.25) is 5.91 Å². The molecule has 1 aliphatic heterocycles. The molecule has 1 fully saturated rings. The van der Waals surface area contributed by atoms with Crippen molar-refractivity contribution in [3.63, 3.8) is 0 Å². The fourth-order valence-electron chi connectivity index (χ4n) is 5.78. The van der Waals surface area contributed by atoms with Crippen LogP contribution >= 0.6 is 11.6 Å². The quantitative estimate of drug-likeness (QED) is 0.211. The zero-order valence-electron chi connectivity index (χ0n) is 22.6. The number of nitrogens with zero attached hydrogens (tertiary/aromatic N) is 2. The molecule has 204 valence electrons. The lowest BCUT2D eigenvalue weighted by molar-refractivity contribution is -0.132. The van der Waals surface area contributed by atoms with E-state index in [0.717, 1.165) is 69.5 Å². The minimum absolute atomic E-state index is 0.0891. The number of hydrogen-bond acceptors (Lipinski definition) is 3. The van der Waals surface area contributed by atoms with Gasteiger partial charge in [-0.1, -0.05) is 60.1 Å². The third-order valence-corrected chi connectivity index (χ3v) is 8.16. The van der Waals surface area contributed by atoms with Gasteiger partial charge in [-0.25, -0.2) is 0 Å². The van der Waals surface area contributed by atoms with Crippen molar-refractivity contribution in [2.45, 2.75) is 51.0 Å². The number of carbonyl (C=O) groups is 1. The van der Waals surface area contributed by atoms with Gasteiger partial charge >= 0.3 is 0 Å². The highest BCUT2D eigenvalue weighted by atomic mass is 35.5. The number of aryl methyl sites for hydroxylation is 2. The molecule has 39 heavy (non-hydrogen) atoms. The maximum atomic E-state index is 13.2. The second-order valence-electron chi connectivity index (χ2n) is 10.5. The van der Waals surface area contributed by atoms with E-state index in [9.17, 15) is 9.90 Å². The van der Waals surface area contributed by atoms with Crippen LogP contribution in [0, 0.1) is 0 Å². The lowest BCUT2D eigenvalue weighted by Crippen LogP contribution is -2.39. The molecule has 1 aromatic heterocycles. The summed E-state index contributed by atoms with van der Waals surface area (Å²) in [6.45, 7) is 3.32. The Bertz CT molecular complexity index is 1410. The van der Waals surface area contributed by atoms with Crippen LogP contribution in [0.2, 0.25) is 5.02 Å². The van der Waals surface area contributed by atoms with Crippen LogP contribution in [-0.2, 0) is 22.5 Å². The summed E-state index contributed by atoms with van der Waals surface area (Å²) in [5.74, 6) is 0.710. The molecule has 5 nitrogen and oxygen atoms in total. The summed E-state index contributed by atoms with van der Waals surface area (Å²) in [6, 6.07) is 24.5. The van der Waals surface area contributed by atoms with Crippen LogP contribution in [0.25, 0.3) is 22.0 Å². The molecule has 0 bridgehead atoms. The Morgan fingerprint density at radius 3 is 2.62 bits per heavy atom. The standard InChI is InChI=1S/C33H37ClN2O3/c1-39-20-6-19-36-30-10-3-2-8-27(30)22-31(36)28-9-5-18-35(23-28)33(38)11-4-7-24-12-14-25(15-13-24)26-16-17-32(37)29(34)21-26/h2-3,8,10,12-17,21-22,28,37H,4-7,9,11,18-20,23H2,1H3. The number of ether oxygens (including phenoxy) is 1. The summed E-state index contributed by atoms with van der Waals surface area (Å²) in [6.07, 6.45) is 5.40. The number of halogens is 1. The highest BCUT2D eigenvalue weighted by Gasteiger charge is 2.27. The molecule has 0 saturated carbocycles. The summed E-state index contributed by atoms with van der Waals surface area (Å²) in [4.78, 5) is 15.3. The predicted octanol–water partition coefficient (Wildman–Crippen LogP) is 7.43. The van der Waals surface area contributed by atoms with Crippen LogP contribution in [0.15, 0.2) is 72.8 Å². The smallest absolute Gasteiger partial charge is 0.222 e. The van der Waals surface area contributed by atoms with Crippen LogP contribution in [0.4, 0.5) is 0 Å². The minimum atomic E-state index is 0.0891. The van der Waals surface area contributed by atoms with Crippen molar-refractivity contribution in [2.75, 3.05) is 26.8 Å². The Hall–Kier alpha value is -3.28. The van der Waals surface area contributed by atoms with Gasteiger partial charge in [0.1, 0.15) is 5.75 Å². The summed E-state index contributed by atoms with van der Waals surface area (Å²) in [5, 5.41) is 11.3. The Morgan fingerprint density at radius 1 is 1.03 bits per heavy atom. The largest absolute Gasteiger partial charge is 0.506 e. The van der Waals surface area contributed by atoms with Crippen LogP contribution in [-0.4, -0.2) is 47.3 Å². The average molecular weight is 545 g/mol. The molecule has 6 heteroatoms. The number of phenolic OH excluding ortho intramolecular Hbond substituents is 1. The van der Waals surface area contributed by atoms with Gasteiger partial charge in [0.05, 0.1) is 5.02 Å². The number of piperidine rings is 1. The van der Waals surface area contributed by atoms with Gasteiger partial charge in [-0.05, 0) is 78.4 Å². The van der Waals surface area contributed by atoms with Crippen LogP contribution in [0.1, 0.15) is 49.3 Å². The fourth-order valence-corrected chi connectivity index (χ4v) is 5.96. The summed E-state index contributed by atoms with van der Waals surface area (Å²) < 4.78 is 7.76. The van der Waals surface area contributed by atoms with E-state index in [0.29, 0.717) is 17.4 Å². The maximum absolute atomic E-state index is 13.2. The number of hydrogen-bond donors (Lipinski definition) is 1. The van der Waals surface area contributed by atoms with Crippen molar-refractivity contribution in [3.05, 3.63) is 89.1 Å². The highest BCUT2D eigenvalue weighted by Crippen LogP contribution is 2.33. The average Bonchev–Trinajstić information content (AvgIpc) is 3.34. The Morgan fingerprint density at radius 2 is 1.82 bits per heavy atom. The number of benzene rings is 3. The zero-order valence-corrected chi connectivity index (χ0v) is 23.4. The van der Waals surface area contributed by atoms with Gasteiger partial charge in [-0.15, -0.1) is 0 Å². The zero-order chi connectivity index (χ0) is 27.2. The molecule has 0 spiro atoms. The molecule has 1 saturated heterocycles. The number of fused-ring (bicyclic) bond motifs is 1. The first-order chi connectivity index (χ1) is 19.0. The van der Waals surface area contributed by atoms with Gasteiger partial charge in [-0.3, -0.25) is 4.79 Å². The van der Waals surface area contributed by atoms with E-state index in [1.807, 2.05) is 6.07 Å². The second-order valence-corrected chi connectivity index (χ2v) is 10.9. The van der Waals surface area contributed by atoms with Gasteiger partial charge in [-0.2, -0.15) is 0 Å². The van der Waals surface area contributed by atoms with Gasteiger partial charge in [0.15, 0.2) is 0 Å². The summed E-state index contributed by atoms with van der Waals surface area (Å²) in [7, 11) is 1.75. The van der Waals surface area contributed by atoms with E-state index in [1.54, 1.807) is 19.2 Å². The first-order valence-corrected chi connectivity index (χ1v) is 14.3. The number of aromatic hydroxyl groups is 1. The monoisotopic (exact) mass is 544 g/mol. The Balaban J connectivity index is 1.18. The number of aromatic nitrogens is 1. The van der Waals surface area contributed by atoms with Crippen molar-refractivity contribution >= 4 is 28.4 Å². The molecule has 1 N–H and O–H groups in total. The summed E-state index contributed by atoms with van der Waals surface area (Å²) >= 11 is 6.06. The van der Waals surface area contributed by atoms with Crippen molar-refractivity contribution in [1.29, 1.82) is 0 Å². The van der Waals surface area contributed by atoms with E-state index in [2.05, 4.69) is 64.1 Å². The van der Waals surface area contributed by atoms with E-state index >= 15 is 0 Å². The van der Waals surface area contributed by atoms with Crippen molar-refractivity contribution < 1.29 is 14.6 Å². The third-order valence-electron chi connectivity index (χ3n) is 7.86. The lowest BCUT2D eigenvalue weighted by Gasteiger charge is -2.33. The Labute approximate surface area is 236 Å². The first kappa shape index (κ1) is 27.3. The molecule has 0 aliphatic carbocycles. The molecule has 3 aromatic carbocycles. The molecule has 5 rings (SSSR count). The topological polar surface area (TPSA) is 54.7 Å².